The highest BCUT2D eigenvalue weighted by Crippen LogP contribution is 2.50. The molecule has 0 saturated carbocycles. The van der Waals surface area contributed by atoms with Gasteiger partial charge < -0.3 is 11.1 Å². The molecule has 3 N–H and O–H groups in total. The topological polar surface area (TPSA) is 81.2 Å². The number of allylic oxidation sites excluding steroid dienone is 2. The Morgan fingerprint density at radius 3 is 2.70 bits per heavy atom. The summed E-state index contributed by atoms with van der Waals surface area (Å²) in [6.07, 6.45) is 5.46. The van der Waals surface area contributed by atoms with Crippen LogP contribution in [0.25, 0.3) is 0 Å². The summed E-state index contributed by atoms with van der Waals surface area (Å²) in [6, 6.07) is 13.0. The summed E-state index contributed by atoms with van der Waals surface area (Å²) in [4.78, 5) is 10.5. The smallest absolute Gasteiger partial charge is 0.269 e. The first-order valence-corrected chi connectivity index (χ1v) is 7.70. The summed E-state index contributed by atoms with van der Waals surface area (Å²) in [5.41, 5.74) is 10.3. The third-order valence-corrected chi connectivity index (χ3v) is 4.85. The standard InChI is InChI=1S/C18H17N3O2/c19-12-6-9-17-16(10-12)14-2-1-3-15(14)18(20-17)11-4-7-13(8-5-11)21(22)23/h1-2,4-10,14-15,18,20H,3,19H2/t14-,15+,18+/m1/s1. The van der Waals surface area contributed by atoms with Crippen LogP contribution in [0, 0.1) is 16.0 Å². The second kappa shape index (κ2) is 5.12. The van der Waals surface area contributed by atoms with Gasteiger partial charge in [-0.1, -0.05) is 24.3 Å². The largest absolute Gasteiger partial charge is 0.399 e. The van der Waals surface area contributed by atoms with Crippen LogP contribution in [0.5, 0.6) is 0 Å². The number of nitro benzene ring substituents is 1. The predicted molar refractivity (Wildman–Crippen MR) is 90.3 cm³/mol. The number of hydrogen-bond donors (Lipinski definition) is 2. The molecule has 2 aliphatic rings. The van der Waals surface area contributed by atoms with E-state index in [-0.39, 0.29) is 16.7 Å². The van der Waals surface area contributed by atoms with Crippen molar-refractivity contribution in [1.82, 2.24) is 0 Å². The van der Waals surface area contributed by atoms with Gasteiger partial charge in [-0.25, -0.2) is 0 Å². The molecule has 116 valence electrons. The van der Waals surface area contributed by atoms with Crippen molar-refractivity contribution in [2.75, 3.05) is 11.1 Å². The Labute approximate surface area is 134 Å². The van der Waals surface area contributed by atoms with E-state index in [2.05, 4.69) is 17.5 Å². The van der Waals surface area contributed by atoms with Crippen LogP contribution in [0.3, 0.4) is 0 Å². The van der Waals surface area contributed by atoms with Gasteiger partial charge in [0.25, 0.3) is 5.69 Å². The Bertz CT molecular complexity index is 798. The van der Waals surface area contributed by atoms with E-state index in [1.54, 1.807) is 12.1 Å². The van der Waals surface area contributed by atoms with Gasteiger partial charge in [0.15, 0.2) is 0 Å². The summed E-state index contributed by atoms with van der Waals surface area (Å²) in [6.45, 7) is 0. The van der Waals surface area contributed by atoms with E-state index in [0.29, 0.717) is 11.8 Å². The molecule has 1 heterocycles. The van der Waals surface area contributed by atoms with E-state index < -0.39 is 0 Å². The zero-order valence-corrected chi connectivity index (χ0v) is 12.5. The van der Waals surface area contributed by atoms with Gasteiger partial charge in [-0.3, -0.25) is 10.1 Å². The number of anilines is 2. The van der Waals surface area contributed by atoms with Crippen LogP contribution in [0.2, 0.25) is 0 Å². The molecule has 0 radical (unpaired) electrons. The van der Waals surface area contributed by atoms with E-state index in [1.165, 1.54) is 5.56 Å². The Morgan fingerprint density at radius 1 is 1.17 bits per heavy atom. The predicted octanol–water partition coefficient (Wildman–Crippen LogP) is 4.00. The van der Waals surface area contributed by atoms with Gasteiger partial charge >= 0.3 is 0 Å². The van der Waals surface area contributed by atoms with Crippen LogP contribution >= 0.6 is 0 Å². The summed E-state index contributed by atoms with van der Waals surface area (Å²) in [5, 5.41) is 14.4. The Kier molecular flexibility index (Phi) is 3.08. The molecule has 0 amide bonds. The van der Waals surface area contributed by atoms with Crippen molar-refractivity contribution in [3.05, 3.63) is 75.9 Å². The third kappa shape index (κ3) is 2.25. The fraction of sp³-hybridized carbons (Fsp3) is 0.222. The second-order valence-corrected chi connectivity index (χ2v) is 6.17. The summed E-state index contributed by atoms with van der Waals surface area (Å²) >= 11 is 0. The van der Waals surface area contributed by atoms with E-state index in [0.717, 1.165) is 23.4 Å². The minimum Gasteiger partial charge on any atom is -0.399 e. The molecule has 0 spiro atoms. The summed E-state index contributed by atoms with van der Waals surface area (Å²) < 4.78 is 0. The molecule has 2 aromatic carbocycles. The maximum atomic E-state index is 10.8. The quantitative estimate of drug-likeness (QED) is 0.380. The molecule has 4 rings (SSSR count). The maximum absolute atomic E-state index is 10.8. The van der Waals surface area contributed by atoms with Crippen LogP contribution < -0.4 is 11.1 Å². The molecule has 0 saturated heterocycles. The zero-order chi connectivity index (χ0) is 16.0. The van der Waals surface area contributed by atoms with Gasteiger partial charge in [-0.15, -0.1) is 0 Å². The first-order valence-electron chi connectivity index (χ1n) is 7.70. The number of non-ortho nitro benzene ring substituents is 1. The molecular formula is C18H17N3O2. The van der Waals surface area contributed by atoms with Crippen LogP contribution in [-0.4, -0.2) is 4.92 Å². The van der Waals surface area contributed by atoms with E-state index >= 15 is 0 Å². The molecule has 5 heteroatoms. The molecule has 1 aliphatic carbocycles. The van der Waals surface area contributed by atoms with Crippen molar-refractivity contribution in [3.8, 4) is 0 Å². The molecule has 23 heavy (non-hydrogen) atoms. The van der Waals surface area contributed by atoms with Crippen molar-refractivity contribution in [2.45, 2.75) is 18.4 Å². The Balaban J connectivity index is 1.73. The number of hydrogen-bond acceptors (Lipinski definition) is 4. The average molecular weight is 307 g/mol. The van der Waals surface area contributed by atoms with Crippen molar-refractivity contribution < 1.29 is 4.92 Å². The normalized spacial score (nSPS) is 24.6. The lowest BCUT2D eigenvalue weighted by atomic mass is 9.77. The lowest BCUT2D eigenvalue weighted by molar-refractivity contribution is -0.384. The minimum atomic E-state index is -0.365. The zero-order valence-electron chi connectivity index (χ0n) is 12.5. The molecule has 2 aromatic rings. The van der Waals surface area contributed by atoms with Crippen LogP contribution in [0.15, 0.2) is 54.6 Å². The number of nitro groups is 1. The van der Waals surface area contributed by atoms with E-state index in [9.17, 15) is 10.1 Å². The third-order valence-electron chi connectivity index (χ3n) is 4.85. The highest BCUT2D eigenvalue weighted by atomic mass is 16.6. The van der Waals surface area contributed by atoms with Gasteiger partial charge in [0.2, 0.25) is 0 Å². The van der Waals surface area contributed by atoms with Gasteiger partial charge in [0.1, 0.15) is 0 Å². The van der Waals surface area contributed by atoms with Crippen molar-refractivity contribution >= 4 is 17.1 Å². The van der Waals surface area contributed by atoms with Crippen LogP contribution in [0.1, 0.15) is 29.5 Å². The van der Waals surface area contributed by atoms with Crippen LogP contribution in [-0.2, 0) is 0 Å². The molecule has 1 aliphatic heterocycles. The monoisotopic (exact) mass is 307 g/mol. The molecule has 0 bridgehead atoms. The maximum Gasteiger partial charge on any atom is 0.269 e. The van der Waals surface area contributed by atoms with Crippen molar-refractivity contribution in [3.63, 3.8) is 0 Å². The number of nitrogens with two attached hydrogens (primary N) is 1. The Morgan fingerprint density at radius 2 is 1.96 bits per heavy atom. The number of nitrogens with one attached hydrogen (secondary N) is 1. The average Bonchev–Trinajstić information content (AvgIpc) is 3.04. The SMILES string of the molecule is Nc1ccc2c(c1)[C@@H]1C=CC[C@@H]1[C@H](c1ccc([N+](=O)[O-])cc1)N2. The number of nitrogens with zero attached hydrogens (tertiary/aromatic N) is 1. The van der Waals surface area contributed by atoms with Gasteiger partial charge in [0.05, 0.1) is 11.0 Å². The molecular weight excluding hydrogens is 290 g/mol. The first kappa shape index (κ1) is 13.8. The van der Waals surface area contributed by atoms with E-state index in [1.807, 2.05) is 30.3 Å². The molecule has 5 nitrogen and oxygen atoms in total. The van der Waals surface area contributed by atoms with Crippen LogP contribution in [0.4, 0.5) is 17.1 Å². The Hall–Kier alpha value is -2.82. The van der Waals surface area contributed by atoms with Crippen molar-refractivity contribution in [1.29, 1.82) is 0 Å². The number of benzene rings is 2. The van der Waals surface area contributed by atoms with E-state index in [4.69, 9.17) is 5.73 Å². The van der Waals surface area contributed by atoms with Gasteiger partial charge in [-0.2, -0.15) is 0 Å². The number of nitrogen functional groups attached to an aromatic ring is 1. The molecule has 0 unspecified atom stereocenters. The molecule has 0 aromatic heterocycles. The molecule has 0 fully saturated rings. The molecule has 3 atom stereocenters. The lowest BCUT2D eigenvalue weighted by Crippen LogP contribution is -2.29. The van der Waals surface area contributed by atoms with Gasteiger partial charge in [-0.05, 0) is 41.7 Å². The summed E-state index contributed by atoms with van der Waals surface area (Å²) in [7, 11) is 0. The summed E-state index contributed by atoms with van der Waals surface area (Å²) in [5.74, 6) is 0.751. The minimum absolute atomic E-state index is 0.124. The number of fused-ring (bicyclic) bond motifs is 3. The van der Waals surface area contributed by atoms with Crippen molar-refractivity contribution in [2.24, 2.45) is 5.92 Å². The highest BCUT2D eigenvalue weighted by molar-refractivity contribution is 5.64. The highest BCUT2D eigenvalue weighted by Gasteiger charge is 2.37. The lowest BCUT2D eigenvalue weighted by Gasteiger charge is -2.37. The number of rotatable bonds is 2. The fourth-order valence-electron chi connectivity index (χ4n) is 3.75. The fourth-order valence-corrected chi connectivity index (χ4v) is 3.75. The second-order valence-electron chi connectivity index (χ2n) is 6.17. The first-order chi connectivity index (χ1) is 11.1. The van der Waals surface area contributed by atoms with Gasteiger partial charge in [0, 0.05) is 29.4 Å².